The molecule has 25 heavy (non-hydrogen) atoms. The Hall–Kier alpha value is -1.64. The van der Waals surface area contributed by atoms with E-state index in [1.807, 2.05) is 0 Å². The van der Waals surface area contributed by atoms with Crippen LogP contribution in [0.1, 0.15) is 26.7 Å². The van der Waals surface area contributed by atoms with E-state index >= 15 is 0 Å². The predicted molar refractivity (Wildman–Crippen MR) is 92.6 cm³/mol. The summed E-state index contributed by atoms with van der Waals surface area (Å²) in [6, 6.07) is 4.83. The molecule has 1 aliphatic heterocycles. The van der Waals surface area contributed by atoms with E-state index in [0.717, 1.165) is 4.31 Å². The molecule has 0 radical (unpaired) electrons. The molecule has 1 amide bonds. The van der Waals surface area contributed by atoms with Gasteiger partial charge in [0, 0.05) is 18.1 Å². The SMILES string of the molecule is CCNC(=O)[C@H](C)OC(=O)[C@@H]1CCCN1S(=O)(=O)c1ccc(Cl)cc1. The molecule has 7 nitrogen and oxygen atoms in total. The van der Waals surface area contributed by atoms with Gasteiger partial charge in [0.2, 0.25) is 10.0 Å². The second-order valence-corrected chi connectivity index (χ2v) is 8.03. The molecule has 1 fully saturated rings. The number of carbonyl (C=O) groups is 2. The minimum Gasteiger partial charge on any atom is -0.451 e. The summed E-state index contributed by atoms with van der Waals surface area (Å²) in [4.78, 5) is 24.1. The summed E-state index contributed by atoms with van der Waals surface area (Å²) in [6.07, 6.45) is -0.0799. The smallest absolute Gasteiger partial charge is 0.325 e. The lowest BCUT2D eigenvalue weighted by Gasteiger charge is -2.24. The molecule has 2 rings (SSSR count). The molecule has 1 aromatic rings. The molecule has 0 aromatic heterocycles. The maximum Gasteiger partial charge on any atom is 0.325 e. The van der Waals surface area contributed by atoms with Crippen molar-refractivity contribution in [1.29, 1.82) is 0 Å². The van der Waals surface area contributed by atoms with Crippen LogP contribution in [-0.4, -0.2) is 49.8 Å². The lowest BCUT2D eigenvalue weighted by Crippen LogP contribution is -2.44. The molecule has 1 saturated heterocycles. The average molecular weight is 389 g/mol. The fourth-order valence-corrected chi connectivity index (χ4v) is 4.40. The summed E-state index contributed by atoms with van der Waals surface area (Å²) in [6.45, 7) is 3.85. The highest BCUT2D eigenvalue weighted by atomic mass is 35.5. The van der Waals surface area contributed by atoms with Crippen molar-refractivity contribution in [3.8, 4) is 0 Å². The van der Waals surface area contributed by atoms with Crippen LogP contribution in [0.2, 0.25) is 5.02 Å². The Morgan fingerprint density at radius 1 is 1.36 bits per heavy atom. The Morgan fingerprint density at radius 2 is 2.00 bits per heavy atom. The van der Waals surface area contributed by atoms with Gasteiger partial charge in [-0.05, 0) is 51.0 Å². The molecule has 0 bridgehead atoms. The first-order valence-corrected chi connectivity index (χ1v) is 9.84. The van der Waals surface area contributed by atoms with Crippen molar-refractivity contribution < 1.29 is 22.7 Å². The largest absolute Gasteiger partial charge is 0.451 e. The van der Waals surface area contributed by atoms with Gasteiger partial charge in [-0.2, -0.15) is 4.31 Å². The quantitative estimate of drug-likeness (QED) is 0.746. The number of hydrogen-bond acceptors (Lipinski definition) is 5. The van der Waals surface area contributed by atoms with Crippen molar-refractivity contribution in [1.82, 2.24) is 9.62 Å². The molecule has 1 aliphatic rings. The number of carbonyl (C=O) groups excluding carboxylic acids is 2. The molecule has 1 heterocycles. The number of esters is 1. The summed E-state index contributed by atoms with van der Waals surface area (Å²) in [7, 11) is -3.84. The Bertz CT molecular complexity index is 735. The molecule has 2 atom stereocenters. The van der Waals surface area contributed by atoms with Crippen LogP contribution in [0.3, 0.4) is 0 Å². The first-order valence-electron chi connectivity index (χ1n) is 8.03. The second kappa shape index (κ2) is 8.16. The number of ether oxygens (including phenoxy) is 1. The van der Waals surface area contributed by atoms with Crippen molar-refractivity contribution in [2.45, 2.75) is 43.7 Å². The number of likely N-dealkylation sites (N-methyl/N-ethyl adjacent to an activating group) is 1. The number of nitrogens with one attached hydrogen (secondary N) is 1. The topological polar surface area (TPSA) is 92.8 Å². The highest BCUT2D eigenvalue weighted by Gasteiger charge is 2.41. The lowest BCUT2D eigenvalue weighted by atomic mass is 10.2. The fourth-order valence-electron chi connectivity index (χ4n) is 2.63. The number of nitrogens with zero attached hydrogens (tertiary/aromatic N) is 1. The Balaban J connectivity index is 2.15. The van der Waals surface area contributed by atoms with Crippen LogP contribution in [-0.2, 0) is 24.3 Å². The first kappa shape index (κ1) is 19.7. The standard InChI is InChI=1S/C16H21ClN2O5S/c1-3-18-15(20)11(2)24-16(21)14-5-4-10-19(14)25(22,23)13-8-6-12(17)7-9-13/h6-9,11,14H,3-5,10H2,1-2H3,(H,18,20)/t11-,14-/m0/s1. The van der Waals surface area contributed by atoms with E-state index in [4.69, 9.17) is 16.3 Å². The first-order chi connectivity index (χ1) is 11.8. The van der Waals surface area contributed by atoms with Gasteiger partial charge in [0.1, 0.15) is 6.04 Å². The molecule has 0 aliphatic carbocycles. The van der Waals surface area contributed by atoms with Gasteiger partial charge in [-0.3, -0.25) is 9.59 Å². The molecule has 1 aromatic carbocycles. The Morgan fingerprint density at radius 3 is 2.60 bits per heavy atom. The van der Waals surface area contributed by atoms with Gasteiger partial charge in [-0.1, -0.05) is 11.6 Å². The van der Waals surface area contributed by atoms with Crippen molar-refractivity contribution in [2.24, 2.45) is 0 Å². The molecular weight excluding hydrogens is 368 g/mol. The predicted octanol–water partition coefficient (Wildman–Crippen LogP) is 1.56. The molecule has 9 heteroatoms. The van der Waals surface area contributed by atoms with E-state index in [1.54, 1.807) is 6.92 Å². The number of benzene rings is 1. The molecule has 0 unspecified atom stereocenters. The van der Waals surface area contributed by atoms with Crippen molar-refractivity contribution in [2.75, 3.05) is 13.1 Å². The number of rotatable bonds is 6. The summed E-state index contributed by atoms with van der Waals surface area (Å²) >= 11 is 5.79. The molecule has 138 valence electrons. The lowest BCUT2D eigenvalue weighted by molar-refractivity contribution is -0.157. The summed E-state index contributed by atoms with van der Waals surface area (Å²) < 4.78 is 31.8. The third kappa shape index (κ3) is 4.50. The van der Waals surface area contributed by atoms with Crippen molar-refractivity contribution in [3.05, 3.63) is 29.3 Å². The van der Waals surface area contributed by atoms with Gasteiger partial charge in [0.25, 0.3) is 5.91 Å². The molecule has 0 saturated carbocycles. The van der Waals surface area contributed by atoms with E-state index < -0.39 is 34.0 Å². The summed E-state index contributed by atoms with van der Waals surface area (Å²) in [5, 5.41) is 2.98. The van der Waals surface area contributed by atoms with Gasteiger partial charge >= 0.3 is 5.97 Å². The highest BCUT2D eigenvalue weighted by Crippen LogP contribution is 2.27. The average Bonchev–Trinajstić information content (AvgIpc) is 3.06. The van der Waals surface area contributed by atoms with E-state index in [9.17, 15) is 18.0 Å². The van der Waals surface area contributed by atoms with Crippen LogP contribution >= 0.6 is 11.6 Å². The third-order valence-electron chi connectivity index (χ3n) is 3.91. The van der Waals surface area contributed by atoms with E-state index in [-0.39, 0.29) is 11.4 Å². The van der Waals surface area contributed by atoms with Gasteiger partial charge < -0.3 is 10.1 Å². The van der Waals surface area contributed by atoms with Gasteiger partial charge in [-0.25, -0.2) is 8.42 Å². The van der Waals surface area contributed by atoms with Crippen molar-refractivity contribution in [3.63, 3.8) is 0 Å². The van der Waals surface area contributed by atoms with E-state index in [0.29, 0.717) is 24.4 Å². The van der Waals surface area contributed by atoms with Crippen LogP contribution in [0.5, 0.6) is 0 Å². The molecule has 1 N–H and O–H groups in total. The second-order valence-electron chi connectivity index (χ2n) is 5.70. The minimum atomic E-state index is -3.84. The third-order valence-corrected chi connectivity index (χ3v) is 6.08. The zero-order chi connectivity index (χ0) is 18.6. The van der Waals surface area contributed by atoms with E-state index in [2.05, 4.69) is 5.32 Å². The van der Waals surface area contributed by atoms with Gasteiger partial charge in [0.05, 0.1) is 4.90 Å². The van der Waals surface area contributed by atoms with Crippen LogP contribution in [0, 0.1) is 0 Å². The van der Waals surface area contributed by atoms with Crippen molar-refractivity contribution >= 4 is 33.5 Å². The van der Waals surface area contributed by atoms with Crippen LogP contribution in [0.15, 0.2) is 29.2 Å². The number of sulfonamides is 1. The zero-order valence-corrected chi connectivity index (χ0v) is 15.6. The van der Waals surface area contributed by atoms with Crippen LogP contribution in [0.4, 0.5) is 0 Å². The Kier molecular flexibility index (Phi) is 6.42. The minimum absolute atomic E-state index is 0.0633. The highest BCUT2D eigenvalue weighted by molar-refractivity contribution is 7.89. The summed E-state index contributed by atoms with van der Waals surface area (Å²) in [5.41, 5.74) is 0. The maximum absolute atomic E-state index is 12.8. The number of hydrogen-bond donors (Lipinski definition) is 1. The fraction of sp³-hybridized carbons (Fsp3) is 0.500. The van der Waals surface area contributed by atoms with Crippen LogP contribution in [0.25, 0.3) is 0 Å². The monoisotopic (exact) mass is 388 g/mol. The maximum atomic E-state index is 12.8. The summed E-state index contributed by atoms with van der Waals surface area (Å²) in [5.74, 6) is -1.13. The Labute approximate surface area is 152 Å². The van der Waals surface area contributed by atoms with E-state index in [1.165, 1.54) is 31.2 Å². The number of halogens is 1. The normalized spacial score (nSPS) is 19.4. The molecule has 0 spiro atoms. The number of amides is 1. The van der Waals surface area contributed by atoms with Crippen LogP contribution < -0.4 is 5.32 Å². The van der Waals surface area contributed by atoms with Gasteiger partial charge in [-0.15, -0.1) is 0 Å². The zero-order valence-electron chi connectivity index (χ0n) is 14.1. The van der Waals surface area contributed by atoms with Gasteiger partial charge in [0.15, 0.2) is 6.10 Å². The molecular formula is C16H21ClN2O5S.